The Balaban J connectivity index is 2.54. The third-order valence-corrected chi connectivity index (χ3v) is 3.38. The molecule has 0 radical (unpaired) electrons. The van der Waals surface area contributed by atoms with E-state index >= 15 is 0 Å². The van der Waals surface area contributed by atoms with Crippen molar-refractivity contribution >= 4 is 12.0 Å². The van der Waals surface area contributed by atoms with E-state index in [2.05, 4.69) is 5.32 Å². The molecule has 1 aliphatic rings. The summed E-state index contributed by atoms with van der Waals surface area (Å²) in [6, 6.07) is -0.709. The summed E-state index contributed by atoms with van der Waals surface area (Å²) in [6.07, 6.45) is 0.800. The average Bonchev–Trinajstić information content (AvgIpc) is 2.67. The molecular weight excluding hydrogens is 240 g/mol. The number of carbonyl (C=O) groups is 2. The summed E-state index contributed by atoms with van der Waals surface area (Å²) in [5, 5.41) is 29.8. The maximum absolute atomic E-state index is 11.8. The van der Waals surface area contributed by atoms with Gasteiger partial charge in [0.25, 0.3) is 0 Å². The van der Waals surface area contributed by atoms with E-state index in [1.807, 2.05) is 6.92 Å². The van der Waals surface area contributed by atoms with Crippen LogP contribution in [0.3, 0.4) is 0 Å². The van der Waals surface area contributed by atoms with Crippen molar-refractivity contribution in [3.05, 3.63) is 0 Å². The molecule has 3 atom stereocenters. The fourth-order valence-electron chi connectivity index (χ4n) is 1.96. The fourth-order valence-corrected chi connectivity index (χ4v) is 1.96. The van der Waals surface area contributed by atoms with Gasteiger partial charge in [-0.3, -0.25) is 0 Å². The zero-order valence-corrected chi connectivity index (χ0v) is 10.6. The Morgan fingerprint density at radius 1 is 1.50 bits per heavy atom. The largest absolute Gasteiger partial charge is 0.479 e. The number of likely N-dealkylation sites (tertiary alicyclic amines) is 1. The van der Waals surface area contributed by atoms with Gasteiger partial charge in [-0.2, -0.15) is 0 Å². The Hall–Kier alpha value is -1.34. The molecule has 1 heterocycles. The van der Waals surface area contributed by atoms with Crippen LogP contribution < -0.4 is 5.32 Å². The lowest BCUT2D eigenvalue weighted by atomic mass is 10.0. The van der Waals surface area contributed by atoms with Gasteiger partial charge in [0.2, 0.25) is 0 Å². The molecule has 1 fully saturated rings. The number of hydrogen-bond acceptors (Lipinski definition) is 4. The number of carbonyl (C=O) groups excluding carboxylic acids is 1. The summed E-state index contributed by atoms with van der Waals surface area (Å²) in [5.74, 6) is -1.18. The minimum Gasteiger partial charge on any atom is -0.479 e. The third kappa shape index (κ3) is 3.11. The Morgan fingerprint density at radius 2 is 2.11 bits per heavy atom. The number of nitrogens with one attached hydrogen (secondary N) is 1. The molecule has 0 spiro atoms. The van der Waals surface area contributed by atoms with E-state index in [1.165, 1.54) is 4.90 Å². The van der Waals surface area contributed by atoms with Gasteiger partial charge in [0.1, 0.15) is 0 Å². The van der Waals surface area contributed by atoms with Gasteiger partial charge in [-0.25, -0.2) is 9.59 Å². The maximum atomic E-state index is 11.8. The van der Waals surface area contributed by atoms with Gasteiger partial charge in [-0.15, -0.1) is 0 Å². The molecule has 3 unspecified atom stereocenters. The molecule has 4 N–H and O–H groups in total. The van der Waals surface area contributed by atoms with Crippen LogP contribution in [0.5, 0.6) is 0 Å². The lowest BCUT2D eigenvalue weighted by Gasteiger charge is -2.27. The lowest BCUT2D eigenvalue weighted by molar-refractivity contribution is -0.155. The van der Waals surface area contributed by atoms with Gasteiger partial charge in [-0.1, -0.05) is 6.92 Å². The predicted octanol–water partition coefficient (Wildman–Crippen LogP) is -0.766. The van der Waals surface area contributed by atoms with Crippen LogP contribution >= 0.6 is 0 Å². The Kier molecular flexibility index (Phi) is 4.53. The predicted molar refractivity (Wildman–Crippen MR) is 63.0 cm³/mol. The van der Waals surface area contributed by atoms with Crippen LogP contribution in [-0.4, -0.2) is 63.6 Å². The molecule has 2 amide bonds. The number of amides is 2. The van der Waals surface area contributed by atoms with Gasteiger partial charge in [-0.05, 0) is 19.3 Å². The molecule has 1 saturated heterocycles. The first-order chi connectivity index (χ1) is 8.29. The SMILES string of the molecule is CC1CCN(C(=O)NCC(C)(O)C(=O)O)C1CO. The highest BCUT2D eigenvalue weighted by Gasteiger charge is 2.36. The van der Waals surface area contributed by atoms with Crippen molar-refractivity contribution in [1.29, 1.82) is 0 Å². The molecule has 0 aliphatic carbocycles. The van der Waals surface area contributed by atoms with Crippen LogP contribution in [0.15, 0.2) is 0 Å². The average molecular weight is 260 g/mol. The molecule has 0 aromatic carbocycles. The Morgan fingerprint density at radius 3 is 2.61 bits per heavy atom. The number of nitrogens with zero attached hydrogens (tertiary/aromatic N) is 1. The van der Waals surface area contributed by atoms with E-state index in [9.17, 15) is 19.8 Å². The van der Waals surface area contributed by atoms with Crippen molar-refractivity contribution in [3.63, 3.8) is 0 Å². The first-order valence-corrected chi connectivity index (χ1v) is 5.90. The van der Waals surface area contributed by atoms with E-state index in [-0.39, 0.29) is 25.1 Å². The van der Waals surface area contributed by atoms with Gasteiger partial charge in [0, 0.05) is 6.54 Å². The third-order valence-electron chi connectivity index (χ3n) is 3.38. The second-order valence-corrected chi connectivity index (χ2v) is 4.95. The quantitative estimate of drug-likeness (QED) is 0.531. The van der Waals surface area contributed by atoms with Crippen molar-refractivity contribution in [2.24, 2.45) is 5.92 Å². The second kappa shape index (κ2) is 5.53. The standard InChI is InChI=1S/C11H20N2O5/c1-7-3-4-13(8(7)5-14)10(17)12-6-11(2,18)9(15)16/h7-8,14,18H,3-6H2,1-2H3,(H,12,17)(H,15,16). The summed E-state index contributed by atoms with van der Waals surface area (Å²) >= 11 is 0. The topological polar surface area (TPSA) is 110 Å². The summed E-state index contributed by atoms with van der Waals surface area (Å²) in [6.45, 7) is 3.09. The van der Waals surface area contributed by atoms with E-state index in [0.29, 0.717) is 6.54 Å². The normalized spacial score (nSPS) is 26.8. The molecule has 1 rings (SSSR count). The molecule has 7 nitrogen and oxygen atoms in total. The zero-order valence-electron chi connectivity index (χ0n) is 10.6. The summed E-state index contributed by atoms with van der Waals surface area (Å²) in [7, 11) is 0. The smallest absolute Gasteiger partial charge is 0.337 e. The second-order valence-electron chi connectivity index (χ2n) is 4.95. The Bertz CT molecular complexity index is 331. The maximum Gasteiger partial charge on any atom is 0.337 e. The summed E-state index contributed by atoms with van der Waals surface area (Å²) < 4.78 is 0. The van der Waals surface area contributed by atoms with Crippen LogP contribution in [0.1, 0.15) is 20.3 Å². The molecule has 104 valence electrons. The Labute approximate surface area is 105 Å². The van der Waals surface area contributed by atoms with Crippen LogP contribution in [0.25, 0.3) is 0 Å². The van der Waals surface area contributed by atoms with Crippen LogP contribution in [0, 0.1) is 5.92 Å². The minimum atomic E-state index is -1.99. The summed E-state index contributed by atoms with van der Waals surface area (Å²) in [4.78, 5) is 24.0. The molecule has 1 aliphatic heterocycles. The van der Waals surface area contributed by atoms with Gasteiger partial charge in [0.05, 0.1) is 19.2 Å². The first-order valence-electron chi connectivity index (χ1n) is 5.90. The van der Waals surface area contributed by atoms with Crippen molar-refractivity contribution in [1.82, 2.24) is 10.2 Å². The number of hydrogen-bond donors (Lipinski definition) is 4. The number of rotatable bonds is 4. The van der Waals surface area contributed by atoms with Crippen molar-refractivity contribution in [2.75, 3.05) is 19.7 Å². The van der Waals surface area contributed by atoms with E-state index in [1.54, 1.807) is 0 Å². The highest BCUT2D eigenvalue weighted by atomic mass is 16.4. The molecule has 18 heavy (non-hydrogen) atoms. The number of aliphatic hydroxyl groups is 2. The fraction of sp³-hybridized carbons (Fsp3) is 0.818. The number of aliphatic carboxylic acids is 1. The zero-order chi connectivity index (χ0) is 13.9. The molecule has 0 aromatic rings. The van der Waals surface area contributed by atoms with E-state index in [0.717, 1.165) is 13.3 Å². The van der Waals surface area contributed by atoms with Crippen molar-refractivity contribution < 1.29 is 24.9 Å². The molecule has 7 heteroatoms. The van der Waals surface area contributed by atoms with Gasteiger partial charge >= 0.3 is 12.0 Å². The van der Waals surface area contributed by atoms with E-state index in [4.69, 9.17) is 5.11 Å². The highest BCUT2D eigenvalue weighted by Crippen LogP contribution is 2.23. The molecule has 0 saturated carbocycles. The highest BCUT2D eigenvalue weighted by molar-refractivity contribution is 5.79. The minimum absolute atomic E-state index is 0.121. The van der Waals surface area contributed by atoms with Crippen LogP contribution in [0.2, 0.25) is 0 Å². The lowest BCUT2D eigenvalue weighted by Crippen LogP contribution is -2.52. The van der Waals surface area contributed by atoms with E-state index < -0.39 is 17.6 Å². The van der Waals surface area contributed by atoms with Crippen LogP contribution in [-0.2, 0) is 4.79 Å². The van der Waals surface area contributed by atoms with Crippen LogP contribution in [0.4, 0.5) is 4.79 Å². The monoisotopic (exact) mass is 260 g/mol. The number of urea groups is 1. The van der Waals surface area contributed by atoms with Crippen molar-refractivity contribution in [3.8, 4) is 0 Å². The van der Waals surface area contributed by atoms with Gasteiger partial charge < -0.3 is 25.5 Å². The molecule has 0 aromatic heterocycles. The number of carboxylic acids is 1. The molecule has 0 bridgehead atoms. The van der Waals surface area contributed by atoms with Gasteiger partial charge in [0.15, 0.2) is 5.60 Å². The number of carboxylic acid groups (broad SMARTS) is 1. The molecular formula is C11H20N2O5. The van der Waals surface area contributed by atoms with Crippen molar-refractivity contribution in [2.45, 2.75) is 31.9 Å². The number of aliphatic hydroxyl groups excluding tert-OH is 1. The summed E-state index contributed by atoms with van der Waals surface area (Å²) in [5.41, 5.74) is -1.99. The first kappa shape index (κ1) is 14.7.